The highest BCUT2D eigenvalue weighted by molar-refractivity contribution is 7.80. The highest BCUT2D eigenvalue weighted by atomic mass is 31.2. The van der Waals surface area contributed by atoms with Gasteiger partial charge in [-0.05, 0) is 38.0 Å². The largest absolute Gasteiger partial charge is 0.508 e. The molecule has 1 aromatic rings. The van der Waals surface area contributed by atoms with Gasteiger partial charge in [0.25, 0.3) is 0 Å². The number of phenolic OH excluding ortho intramolecular Hbond substituents is 1. The van der Waals surface area contributed by atoms with E-state index in [0.29, 0.717) is 0 Å². The molecular formula is C18H30O8P2. The zero-order valence-corrected chi connectivity index (χ0v) is 18.7. The molecule has 0 amide bonds. The topological polar surface area (TPSA) is 141 Å². The van der Waals surface area contributed by atoms with Gasteiger partial charge >= 0.3 is 13.6 Å². The number of rotatable bonds is 10. The fourth-order valence-electron chi connectivity index (χ4n) is 3.59. The van der Waals surface area contributed by atoms with Crippen LogP contribution >= 0.6 is 15.0 Å². The first-order valence-electron chi connectivity index (χ1n) is 9.08. The number of carbonyl (C=O) groups is 1. The van der Waals surface area contributed by atoms with E-state index < -0.39 is 31.2 Å². The Labute approximate surface area is 165 Å². The van der Waals surface area contributed by atoms with Crippen molar-refractivity contribution in [2.75, 3.05) is 6.61 Å². The molecule has 160 valence electrons. The van der Waals surface area contributed by atoms with Crippen LogP contribution in [0.5, 0.6) is 5.75 Å². The van der Waals surface area contributed by atoms with Crippen molar-refractivity contribution in [3.63, 3.8) is 0 Å². The summed E-state index contributed by atoms with van der Waals surface area (Å²) in [5.41, 5.74) is -0.786. The summed E-state index contributed by atoms with van der Waals surface area (Å²) in [6.45, 7) is 7.86. The molecular weight excluding hydrogens is 406 g/mol. The lowest BCUT2D eigenvalue weighted by Gasteiger charge is -2.39. The molecule has 4 N–H and O–H groups in total. The Balaban J connectivity index is 3.81. The van der Waals surface area contributed by atoms with E-state index in [9.17, 15) is 28.8 Å². The second-order valence-corrected chi connectivity index (χ2v) is 12.4. The summed E-state index contributed by atoms with van der Waals surface area (Å²) in [5.74, 6) is -1.26. The van der Waals surface area contributed by atoms with Crippen LogP contribution in [-0.2, 0) is 23.9 Å². The summed E-state index contributed by atoms with van der Waals surface area (Å²) in [6, 6.07) is 3.93. The fourth-order valence-corrected chi connectivity index (χ4v) is 8.94. The van der Waals surface area contributed by atoms with Gasteiger partial charge in [-0.25, -0.2) is 0 Å². The first-order valence-corrected chi connectivity index (χ1v) is 12.3. The number of phenols is 1. The smallest absolute Gasteiger partial charge is 0.341 e. The SMILES string of the molecule is CCOP(=O)(c1ccc(O)c(C(C)(C)CC(=O)O)c1)C(CC)(CC)P(=O)(O)O. The summed E-state index contributed by atoms with van der Waals surface area (Å²) in [4.78, 5) is 29.5. The lowest BCUT2D eigenvalue weighted by atomic mass is 9.81. The monoisotopic (exact) mass is 436 g/mol. The molecule has 0 bridgehead atoms. The molecule has 1 atom stereocenters. The van der Waals surface area contributed by atoms with Gasteiger partial charge in [-0.3, -0.25) is 13.9 Å². The van der Waals surface area contributed by atoms with Crippen molar-refractivity contribution in [2.45, 2.75) is 64.2 Å². The van der Waals surface area contributed by atoms with Gasteiger partial charge in [0.2, 0.25) is 7.37 Å². The molecule has 28 heavy (non-hydrogen) atoms. The highest BCUT2D eigenvalue weighted by Crippen LogP contribution is 2.75. The Morgan fingerprint density at radius 3 is 2.04 bits per heavy atom. The van der Waals surface area contributed by atoms with Gasteiger partial charge in [0.15, 0.2) is 4.90 Å². The van der Waals surface area contributed by atoms with Gasteiger partial charge < -0.3 is 24.5 Å². The van der Waals surface area contributed by atoms with Gasteiger partial charge in [0.1, 0.15) is 5.75 Å². The molecule has 0 aliphatic rings. The van der Waals surface area contributed by atoms with E-state index in [1.54, 1.807) is 34.6 Å². The Bertz CT molecular complexity index is 808. The van der Waals surface area contributed by atoms with E-state index in [0.717, 1.165) is 0 Å². The Kier molecular flexibility index (Phi) is 7.71. The zero-order valence-electron chi connectivity index (χ0n) is 16.9. The van der Waals surface area contributed by atoms with Crippen LogP contribution in [0.25, 0.3) is 0 Å². The second-order valence-electron chi connectivity index (χ2n) is 7.36. The minimum atomic E-state index is -4.86. The average molecular weight is 436 g/mol. The normalized spacial score (nSPS) is 15.2. The van der Waals surface area contributed by atoms with E-state index in [2.05, 4.69) is 0 Å². The Hall–Kier alpha value is -1.17. The third-order valence-corrected chi connectivity index (χ3v) is 11.8. The minimum Gasteiger partial charge on any atom is -0.508 e. The molecule has 0 radical (unpaired) electrons. The van der Waals surface area contributed by atoms with Crippen molar-refractivity contribution in [1.29, 1.82) is 0 Å². The zero-order chi connectivity index (χ0) is 22.0. The highest BCUT2D eigenvalue weighted by Gasteiger charge is 2.59. The number of aliphatic carboxylic acids is 1. The molecule has 8 nitrogen and oxygen atoms in total. The predicted molar refractivity (Wildman–Crippen MR) is 108 cm³/mol. The molecule has 0 spiro atoms. The molecule has 0 fully saturated rings. The molecule has 0 saturated heterocycles. The van der Waals surface area contributed by atoms with E-state index in [1.807, 2.05) is 0 Å². The van der Waals surface area contributed by atoms with Crippen molar-refractivity contribution in [3.05, 3.63) is 23.8 Å². The number of carboxylic acid groups (broad SMARTS) is 1. The number of benzene rings is 1. The molecule has 0 aliphatic carbocycles. The summed E-state index contributed by atoms with van der Waals surface area (Å²) in [6.07, 6.45) is -0.465. The maximum Gasteiger partial charge on any atom is 0.341 e. The number of hydrogen-bond acceptors (Lipinski definition) is 5. The van der Waals surface area contributed by atoms with Crippen molar-refractivity contribution < 1.29 is 38.4 Å². The van der Waals surface area contributed by atoms with Crippen molar-refractivity contribution >= 4 is 26.2 Å². The second kappa shape index (κ2) is 8.68. The lowest BCUT2D eigenvalue weighted by Crippen LogP contribution is -2.34. The minimum absolute atomic E-state index is 0.0340. The third kappa shape index (κ3) is 4.37. The van der Waals surface area contributed by atoms with Crippen molar-refractivity contribution in [1.82, 2.24) is 0 Å². The molecule has 0 saturated carbocycles. The molecule has 0 aliphatic heterocycles. The maximum atomic E-state index is 14.0. The summed E-state index contributed by atoms with van der Waals surface area (Å²) in [5, 5.41) is 19.5. The summed E-state index contributed by atoms with van der Waals surface area (Å²) in [7, 11) is -8.97. The van der Waals surface area contributed by atoms with Gasteiger partial charge in [-0.15, -0.1) is 0 Å². The Morgan fingerprint density at radius 1 is 1.11 bits per heavy atom. The van der Waals surface area contributed by atoms with Crippen LogP contribution in [0.2, 0.25) is 0 Å². The average Bonchev–Trinajstić information content (AvgIpc) is 2.54. The van der Waals surface area contributed by atoms with Gasteiger partial charge in [0, 0.05) is 16.3 Å². The summed E-state index contributed by atoms with van der Waals surface area (Å²) >= 11 is 0. The van der Waals surface area contributed by atoms with E-state index in [1.165, 1.54) is 18.2 Å². The molecule has 1 aromatic carbocycles. The van der Waals surface area contributed by atoms with Crippen LogP contribution in [-0.4, -0.2) is 37.5 Å². The third-order valence-electron chi connectivity index (χ3n) is 5.18. The first-order chi connectivity index (χ1) is 12.7. The number of carboxylic acids is 1. The maximum absolute atomic E-state index is 14.0. The van der Waals surface area contributed by atoms with E-state index in [4.69, 9.17) is 9.63 Å². The van der Waals surface area contributed by atoms with Crippen LogP contribution < -0.4 is 5.30 Å². The molecule has 0 heterocycles. The Morgan fingerprint density at radius 2 is 1.64 bits per heavy atom. The molecule has 10 heteroatoms. The summed E-state index contributed by atoms with van der Waals surface area (Å²) < 4.78 is 32.0. The van der Waals surface area contributed by atoms with Gasteiger partial charge in [-0.1, -0.05) is 27.7 Å². The van der Waals surface area contributed by atoms with Crippen LogP contribution in [0.3, 0.4) is 0 Å². The van der Waals surface area contributed by atoms with Crippen molar-refractivity contribution in [3.8, 4) is 5.75 Å². The predicted octanol–water partition coefficient (Wildman–Crippen LogP) is 3.78. The quantitative estimate of drug-likeness (QED) is 0.406. The molecule has 1 unspecified atom stereocenters. The van der Waals surface area contributed by atoms with Crippen LogP contribution in [0.1, 0.15) is 59.4 Å². The van der Waals surface area contributed by atoms with Gasteiger partial charge in [-0.2, -0.15) is 0 Å². The number of hydrogen-bond donors (Lipinski definition) is 4. The van der Waals surface area contributed by atoms with E-state index in [-0.39, 0.29) is 42.5 Å². The fraction of sp³-hybridized carbons (Fsp3) is 0.611. The number of aromatic hydroxyl groups is 1. The van der Waals surface area contributed by atoms with Gasteiger partial charge in [0.05, 0.1) is 13.0 Å². The van der Waals surface area contributed by atoms with Crippen LogP contribution in [0, 0.1) is 0 Å². The van der Waals surface area contributed by atoms with Crippen LogP contribution in [0.15, 0.2) is 18.2 Å². The lowest BCUT2D eigenvalue weighted by molar-refractivity contribution is -0.138. The molecule has 1 rings (SSSR count). The molecule has 0 aromatic heterocycles. The van der Waals surface area contributed by atoms with E-state index >= 15 is 0 Å². The van der Waals surface area contributed by atoms with Crippen molar-refractivity contribution in [2.24, 2.45) is 0 Å². The van der Waals surface area contributed by atoms with Crippen LogP contribution in [0.4, 0.5) is 0 Å². The standard InChI is InChI=1S/C18H30O8P2/c1-6-18(7-2,28(23,24)25)27(22,26-8-3)13-9-10-15(19)14(11-13)17(4,5)12-16(20)21/h9-11,19H,6-8,12H2,1-5H3,(H,20,21)(H2,23,24,25). The first kappa shape index (κ1) is 24.9.